The van der Waals surface area contributed by atoms with E-state index in [1.54, 1.807) is 0 Å². The van der Waals surface area contributed by atoms with Crippen LogP contribution in [0.3, 0.4) is 0 Å². The Morgan fingerprint density at radius 2 is 1.81 bits per heavy atom. The number of rotatable bonds is 3. The van der Waals surface area contributed by atoms with E-state index in [1.807, 2.05) is 18.7 Å². The Balaban J connectivity index is 2.45. The summed E-state index contributed by atoms with van der Waals surface area (Å²) in [5.41, 5.74) is 0. The molecular formula is C12H24N2O2. The fourth-order valence-electron chi connectivity index (χ4n) is 1.94. The van der Waals surface area contributed by atoms with Gasteiger partial charge in [0, 0.05) is 25.2 Å². The molecular weight excluding hydrogens is 204 g/mol. The molecule has 0 bridgehead atoms. The highest BCUT2D eigenvalue weighted by molar-refractivity contribution is 5.77. The standard InChI is InChI=1S/C12H24N2O2/c1-9(2)16-8-12(15)14-6-10(3)13(5)11(4)7-14/h9-11H,6-8H2,1-5H3. The lowest BCUT2D eigenvalue weighted by molar-refractivity contribution is -0.141. The first kappa shape index (κ1) is 13.5. The molecule has 1 fully saturated rings. The molecule has 0 aromatic carbocycles. The van der Waals surface area contributed by atoms with Crippen LogP contribution in [0.15, 0.2) is 0 Å². The van der Waals surface area contributed by atoms with Crippen LogP contribution in [0.2, 0.25) is 0 Å². The minimum atomic E-state index is 0.112. The molecule has 0 saturated carbocycles. The molecule has 4 heteroatoms. The van der Waals surface area contributed by atoms with Gasteiger partial charge < -0.3 is 9.64 Å². The maximum atomic E-state index is 11.9. The van der Waals surface area contributed by atoms with Crippen molar-refractivity contribution in [2.24, 2.45) is 0 Å². The van der Waals surface area contributed by atoms with E-state index in [9.17, 15) is 4.79 Å². The Bertz CT molecular complexity index is 231. The second-order valence-corrected chi connectivity index (χ2v) is 5.02. The van der Waals surface area contributed by atoms with Gasteiger partial charge in [0.2, 0.25) is 5.91 Å². The molecule has 0 aromatic heterocycles. The van der Waals surface area contributed by atoms with Crippen molar-refractivity contribution < 1.29 is 9.53 Å². The first-order valence-electron chi connectivity index (χ1n) is 6.03. The van der Waals surface area contributed by atoms with Gasteiger partial charge in [-0.15, -0.1) is 0 Å². The van der Waals surface area contributed by atoms with E-state index in [1.165, 1.54) is 0 Å². The molecule has 1 rings (SSSR count). The van der Waals surface area contributed by atoms with Crippen LogP contribution in [-0.2, 0) is 9.53 Å². The monoisotopic (exact) mass is 228 g/mol. The predicted molar refractivity (Wildman–Crippen MR) is 64.4 cm³/mol. The maximum Gasteiger partial charge on any atom is 0.248 e. The molecule has 2 atom stereocenters. The van der Waals surface area contributed by atoms with Gasteiger partial charge in [0.15, 0.2) is 0 Å². The number of hydrogen-bond donors (Lipinski definition) is 0. The van der Waals surface area contributed by atoms with E-state index in [0.717, 1.165) is 13.1 Å². The summed E-state index contributed by atoms with van der Waals surface area (Å²) in [6.07, 6.45) is 0.117. The Hall–Kier alpha value is -0.610. The summed E-state index contributed by atoms with van der Waals surface area (Å²) < 4.78 is 5.35. The molecule has 0 aliphatic carbocycles. The lowest BCUT2D eigenvalue weighted by atomic mass is 10.1. The molecule has 0 aromatic rings. The van der Waals surface area contributed by atoms with E-state index in [2.05, 4.69) is 25.8 Å². The molecule has 1 heterocycles. The Labute approximate surface area is 98.5 Å². The van der Waals surface area contributed by atoms with E-state index >= 15 is 0 Å². The summed E-state index contributed by atoms with van der Waals surface area (Å²) in [6, 6.07) is 0.846. The van der Waals surface area contributed by atoms with E-state index in [0.29, 0.717) is 12.1 Å². The average Bonchev–Trinajstić information content (AvgIpc) is 2.21. The number of likely N-dealkylation sites (N-methyl/N-ethyl adjacent to an activating group) is 1. The van der Waals surface area contributed by atoms with Crippen LogP contribution in [0.4, 0.5) is 0 Å². The van der Waals surface area contributed by atoms with Gasteiger partial charge >= 0.3 is 0 Å². The second kappa shape index (κ2) is 5.64. The number of amides is 1. The average molecular weight is 228 g/mol. The highest BCUT2D eigenvalue weighted by Gasteiger charge is 2.29. The topological polar surface area (TPSA) is 32.8 Å². The first-order chi connectivity index (χ1) is 7.41. The Morgan fingerprint density at radius 3 is 2.25 bits per heavy atom. The fraction of sp³-hybridized carbons (Fsp3) is 0.917. The molecule has 4 nitrogen and oxygen atoms in total. The zero-order chi connectivity index (χ0) is 12.3. The van der Waals surface area contributed by atoms with Gasteiger partial charge in [-0.25, -0.2) is 0 Å². The summed E-state index contributed by atoms with van der Waals surface area (Å²) in [6.45, 7) is 10.0. The van der Waals surface area contributed by atoms with Crippen molar-refractivity contribution in [2.75, 3.05) is 26.7 Å². The van der Waals surface area contributed by atoms with Gasteiger partial charge in [-0.3, -0.25) is 9.69 Å². The lowest BCUT2D eigenvalue weighted by Gasteiger charge is -2.42. The third-order valence-corrected chi connectivity index (χ3v) is 3.25. The van der Waals surface area contributed by atoms with Crippen LogP contribution in [0.1, 0.15) is 27.7 Å². The predicted octanol–water partition coefficient (Wildman–Crippen LogP) is 0.962. The zero-order valence-electron chi connectivity index (χ0n) is 11.1. The van der Waals surface area contributed by atoms with E-state index < -0.39 is 0 Å². The van der Waals surface area contributed by atoms with Crippen molar-refractivity contribution in [1.29, 1.82) is 0 Å². The van der Waals surface area contributed by atoms with Crippen LogP contribution in [0.5, 0.6) is 0 Å². The van der Waals surface area contributed by atoms with Gasteiger partial charge in [0.1, 0.15) is 6.61 Å². The fourth-order valence-corrected chi connectivity index (χ4v) is 1.94. The highest BCUT2D eigenvalue weighted by atomic mass is 16.5. The van der Waals surface area contributed by atoms with Crippen LogP contribution in [0, 0.1) is 0 Å². The van der Waals surface area contributed by atoms with Gasteiger partial charge in [-0.2, -0.15) is 0 Å². The zero-order valence-corrected chi connectivity index (χ0v) is 11.1. The molecule has 0 spiro atoms. The third-order valence-electron chi connectivity index (χ3n) is 3.25. The van der Waals surface area contributed by atoms with Gasteiger partial charge in [-0.1, -0.05) is 0 Å². The summed E-state index contributed by atoms with van der Waals surface area (Å²) in [5.74, 6) is 0.112. The SMILES string of the molecule is CC(C)OCC(=O)N1CC(C)N(C)C(C)C1. The smallest absolute Gasteiger partial charge is 0.248 e. The lowest BCUT2D eigenvalue weighted by Crippen LogP contribution is -2.57. The quantitative estimate of drug-likeness (QED) is 0.721. The maximum absolute atomic E-state index is 11.9. The van der Waals surface area contributed by atoms with Crippen LogP contribution in [0.25, 0.3) is 0 Å². The Kier molecular flexibility index (Phi) is 4.74. The third kappa shape index (κ3) is 3.46. The normalized spacial score (nSPS) is 27.5. The number of nitrogens with zero attached hydrogens (tertiary/aromatic N) is 2. The van der Waals surface area contributed by atoms with Crippen LogP contribution < -0.4 is 0 Å². The molecule has 2 unspecified atom stereocenters. The molecule has 0 radical (unpaired) electrons. The minimum absolute atomic E-state index is 0.112. The van der Waals surface area contributed by atoms with Crippen molar-refractivity contribution in [2.45, 2.75) is 45.9 Å². The van der Waals surface area contributed by atoms with Crippen molar-refractivity contribution in [3.63, 3.8) is 0 Å². The highest BCUT2D eigenvalue weighted by Crippen LogP contribution is 2.13. The van der Waals surface area contributed by atoms with Gasteiger partial charge in [-0.05, 0) is 34.7 Å². The summed E-state index contributed by atoms with van der Waals surface area (Å²) in [5, 5.41) is 0. The van der Waals surface area contributed by atoms with Crippen molar-refractivity contribution in [1.82, 2.24) is 9.80 Å². The molecule has 1 aliphatic heterocycles. The molecule has 16 heavy (non-hydrogen) atoms. The molecule has 1 saturated heterocycles. The van der Waals surface area contributed by atoms with Gasteiger partial charge in [0.05, 0.1) is 6.10 Å². The van der Waals surface area contributed by atoms with Crippen LogP contribution in [-0.4, -0.2) is 60.6 Å². The number of piperazine rings is 1. The van der Waals surface area contributed by atoms with Crippen LogP contribution >= 0.6 is 0 Å². The molecule has 1 aliphatic rings. The van der Waals surface area contributed by atoms with Crippen molar-refractivity contribution in [3.8, 4) is 0 Å². The minimum Gasteiger partial charge on any atom is -0.369 e. The van der Waals surface area contributed by atoms with E-state index in [-0.39, 0.29) is 18.6 Å². The number of hydrogen-bond acceptors (Lipinski definition) is 3. The summed E-state index contributed by atoms with van der Waals surface area (Å²) in [4.78, 5) is 16.1. The summed E-state index contributed by atoms with van der Waals surface area (Å²) in [7, 11) is 2.11. The summed E-state index contributed by atoms with van der Waals surface area (Å²) >= 11 is 0. The van der Waals surface area contributed by atoms with E-state index in [4.69, 9.17) is 4.74 Å². The molecule has 1 amide bonds. The van der Waals surface area contributed by atoms with Crippen molar-refractivity contribution >= 4 is 5.91 Å². The number of carbonyl (C=O) groups excluding carboxylic acids is 1. The second-order valence-electron chi connectivity index (χ2n) is 5.02. The molecule has 0 N–H and O–H groups in total. The Morgan fingerprint density at radius 1 is 1.31 bits per heavy atom. The number of ether oxygens (including phenoxy) is 1. The first-order valence-corrected chi connectivity index (χ1v) is 6.03. The van der Waals surface area contributed by atoms with Gasteiger partial charge in [0.25, 0.3) is 0 Å². The largest absolute Gasteiger partial charge is 0.369 e. The number of carbonyl (C=O) groups is 1. The molecule has 94 valence electrons. The van der Waals surface area contributed by atoms with Crippen molar-refractivity contribution in [3.05, 3.63) is 0 Å².